The lowest BCUT2D eigenvalue weighted by atomic mass is 10.1. The first-order chi connectivity index (χ1) is 13.5. The molecule has 0 fully saturated rings. The molecule has 1 amide bonds. The molecule has 0 saturated carbocycles. The van der Waals surface area contributed by atoms with Crippen molar-refractivity contribution >= 4 is 35.1 Å². The Hall–Kier alpha value is -3.51. The van der Waals surface area contributed by atoms with E-state index < -0.39 is 5.91 Å². The Labute approximate surface area is 167 Å². The van der Waals surface area contributed by atoms with E-state index in [1.165, 1.54) is 12.3 Å². The zero-order valence-electron chi connectivity index (χ0n) is 15.0. The summed E-state index contributed by atoms with van der Waals surface area (Å²) in [7, 11) is 0. The van der Waals surface area contributed by atoms with Crippen molar-refractivity contribution < 1.29 is 9.90 Å². The highest BCUT2D eigenvalue weighted by molar-refractivity contribution is 6.33. The van der Waals surface area contributed by atoms with Gasteiger partial charge in [-0.3, -0.25) is 4.79 Å². The van der Waals surface area contributed by atoms with E-state index in [1.54, 1.807) is 30.3 Å². The van der Waals surface area contributed by atoms with Gasteiger partial charge in [0, 0.05) is 5.56 Å². The van der Waals surface area contributed by atoms with Crippen LogP contribution in [0.25, 0.3) is 0 Å². The fourth-order valence-electron chi connectivity index (χ4n) is 2.34. The lowest BCUT2D eigenvalue weighted by Gasteiger charge is -2.04. The Kier molecular flexibility index (Phi) is 6.14. The average molecular weight is 393 g/mol. The smallest absolute Gasteiger partial charge is 0.272 e. The minimum atomic E-state index is -0.444. The van der Waals surface area contributed by atoms with Crippen LogP contribution in [0.4, 0.5) is 11.4 Å². The summed E-state index contributed by atoms with van der Waals surface area (Å²) in [6.07, 6.45) is 1.33. The van der Waals surface area contributed by atoms with Crippen molar-refractivity contribution in [2.24, 2.45) is 15.3 Å². The van der Waals surface area contributed by atoms with E-state index in [9.17, 15) is 9.90 Å². The standard InChI is InChI=1S/C21H17ClN4O2/c1-14-7-9-18(19(22)11-14)21(28)26-23-13-15-12-17(8-10-20(15)27)25-24-16-5-3-2-4-6-16/h2-13,27H,1H3,(H,26,28)/b23-13-,25-24?. The van der Waals surface area contributed by atoms with Gasteiger partial charge in [0.1, 0.15) is 5.75 Å². The fourth-order valence-corrected chi connectivity index (χ4v) is 2.66. The number of hydrazone groups is 1. The van der Waals surface area contributed by atoms with E-state index in [1.807, 2.05) is 37.3 Å². The molecule has 0 heterocycles. The monoisotopic (exact) mass is 392 g/mol. The highest BCUT2D eigenvalue weighted by atomic mass is 35.5. The first kappa shape index (κ1) is 19.3. The van der Waals surface area contributed by atoms with Crippen molar-refractivity contribution in [2.45, 2.75) is 6.92 Å². The number of hydrogen-bond acceptors (Lipinski definition) is 5. The number of nitrogens with one attached hydrogen (secondary N) is 1. The third-order valence-electron chi connectivity index (χ3n) is 3.79. The average Bonchev–Trinajstić information content (AvgIpc) is 2.69. The molecule has 0 saturated heterocycles. The number of nitrogens with zero attached hydrogens (tertiary/aromatic N) is 3. The summed E-state index contributed by atoms with van der Waals surface area (Å²) in [5.41, 5.74) is 5.31. The van der Waals surface area contributed by atoms with Crippen LogP contribution < -0.4 is 5.43 Å². The van der Waals surface area contributed by atoms with E-state index in [2.05, 4.69) is 20.8 Å². The van der Waals surface area contributed by atoms with Crippen molar-refractivity contribution in [2.75, 3.05) is 0 Å². The summed E-state index contributed by atoms with van der Waals surface area (Å²) >= 11 is 6.08. The number of aromatic hydroxyl groups is 1. The third kappa shape index (κ3) is 5.02. The summed E-state index contributed by atoms with van der Waals surface area (Å²) in [4.78, 5) is 12.2. The van der Waals surface area contributed by atoms with Crippen molar-refractivity contribution in [1.82, 2.24) is 5.43 Å². The number of carbonyl (C=O) groups excluding carboxylic acids is 1. The summed E-state index contributed by atoms with van der Waals surface area (Å²) < 4.78 is 0. The second-order valence-electron chi connectivity index (χ2n) is 5.96. The van der Waals surface area contributed by atoms with E-state index >= 15 is 0 Å². The molecule has 2 N–H and O–H groups in total. The maximum Gasteiger partial charge on any atom is 0.272 e. The molecule has 0 spiro atoms. The van der Waals surface area contributed by atoms with Gasteiger partial charge in [0.2, 0.25) is 0 Å². The van der Waals surface area contributed by atoms with Gasteiger partial charge in [-0.25, -0.2) is 5.43 Å². The van der Waals surface area contributed by atoms with Crippen LogP contribution in [0.1, 0.15) is 21.5 Å². The summed E-state index contributed by atoms with van der Waals surface area (Å²) in [5, 5.41) is 22.5. The van der Waals surface area contributed by atoms with Gasteiger partial charge in [-0.15, -0.1) is 0 Å². The van der Waals surface area contributed by atoms with Crippen LogP contribution in [-0.2, 0) is 0 Å². The van der Waals surface area contributed by atoms with E-state index in [0.29, 0.717) is 27.5 Å². The Morgan fingerprint density at radius 1 is 1.00 bits per heavy atom. The molecule has 0 aliphatic carbocycles. The maximum absolute atomic E-state index is 12.2. The second-order valence-corrected chi connectivity index (χ2v) is 6.37. The highest BCUT2D eigenvalue weighted by Crippen LogP contribution is 2.24. The third-order valence-corrected chi connectivity index (χ3v) is 4.10. The number of benzene rings is 3. The van der Waals surface area contributed by atoms with Gasteiger partial charge in [0.25, 0.3) is 5.91 Å². The molecule has 0 aromatic heterocycles. The summed E-state index contributed by atoms with van der Waals surface area (Å²) in [6.45, 7) is 1.89. The summed E-state index contributed by atoms with van der Waals surface area (Å²) in [6, 6.07) is 19.1. The van der Waals surface area contributed by atoms with Crippen molar-refractivity contribution in [3.8, 4) is 5.75 Å². The van der Waals surface area contributed by atoms with Crippen LogP contribution in [-0.4, -0.2) is 17.2 Å². The number of carbonyl (C=O) groups is 1. The van der Waals surface area contributed by atoms with Gasteiger partial charge in [-0.05, 0) is 55.0 Å². The number of amides is 1. The fraction of sp³-hybridized carbons (Fsp3) is 0.0476. The van der Waals surface area contributed by atoms with Crippen LogP contribution in [0.2, 0.25) is 5.02 Å². The topological polar surface area (TPSA) is 86.4 Å². The van der Waals surface area contributed by atoms with Gasteiger partial charge >= 0.3 is 0 Å². The molecule has 0 unspecified atom stereocenters. The van der Waals surface area contributed by atoms with Crippen LogP contribution in [0.5, 0.6) is 5.75 Å². The van der Waals surface area contributed by atoms with Gasteiger partial charge in [-0.1, -0.05) is 35.9 Å². The normalized spacial score (nSPS) is 11.2. The minimum Gasteiger partial charge on any atom is -0.507 e. The Bertz CT molecular complexity index is 1050. The number of phenolic OH excluding ortho intramolecular Hbond substituents is 1. The Morgan fingerprint density at radius 2 is 1.75 bits per heavy atom. The van der Waals surface area contributed by atoms with Crippen molar-refractivity contribution in [1.29, 1.82) is 0 Å². The quantitative estimate of drug-likeness (QED) is 0.339. The number of phenols is 1. The number of hydrogen-bond donors (Lipinski definition) is 2. The minimum absolute atomic E-state index is 0.00466. The predicted molar refractivity (Wildman–Crippen MR) is 110 cm³/mol. The van der Waals surface area contributed by atoms with Crippen molar-refractivity contribution in [3.63, 3.8) is 0 Å². The zero-order valence-corrected chi connectivity index (χ0v) is 15.8. The summed E-state index contributed by atoms with van der Waals surface area (Å²) in [5.74, 6) is -0.439. The molecular weight excluding hydrogens is 376 g/mol. The van der Waals surface area contributed by atoms with Crippen LogP contribution in [0.15, 0.2) is 82.1 Å². The molecule has 0 aliphatic heterocycles. The number of aryl methyl sites for hydroxylation is 1. The molecule has 0 bridgehead atoms. The molecule has 0 aliphatic rings. The molecule has 28 heavy (non-hydrogen) atoms. The molecule has 3 aromatic rings. The largest absolute Gasteiger partial charge is 0.507 e. The molecule has 7 heteroatoms. The maximum atomic E-state index is 12.2. The van der Waals surface area contributed by atoms with Gasteiger partial charge in [0.05, 0.1) is 28.2 Å². The molecule has 140 valence electrons. The molecule has 6 nitrogen and oxygen atoms in total. The molecule has 0 atom stereocenters. The second kappa shape index (κ2) is 8.92. The van der Waals surface area contributed by atoms with Gasteiger partial charge in [-0.2, -0.15) is 15.3 Å². The number of azo groups is 1. The highest BCUT2D eigenvalue weighted by Gasteiger charge is 2.09. The zero-order chi connectivity index (χ0) is 19.9. The van der Waals surface area contributed by atoms with E-state index in [0.717, 1.165) is 5.56 Å². The number of rotatable bonds is 5. The Morgan fingerprint density at radius 3 is 2.50 bits per heavy atom. The van der Waals surface area contributed by atoms with E-state index in [-0.39, 0.29) is 5.75 Å². The SMILES string of the molecule is Cc1ccc(C(=O)N/N=C\c2cc(N=Nc3ccccc3)ccc2O)c(Cl)c1. The molecule has 0 radical (unpaired) electrons. The van der Waals surface area contributed by atoms with Crippen LogP contribution >= 0.6 is 11.6 Å². The van der Waals surface area contributed by atoms with Crippen molar-refractivity contribution in [3.05, 3.63) is 88.4 Å². The lowest BCUT2D eigenvalue weighted by molar-refractivity contribution is 0.0955. The van der Waals surface area contributed by atoms with Gasteiger partial charge < -0.3 is 5.11 Å². The van der Waals surface area contributed by atoms with Crippen LogP contribution in [0.3, 0.4) is 0 Å². The number of halogens is 1. The lowest BCUT2D eigenvalue weighted by Crippen LogP contribution is -2.18. The van der Waals surface area contributed by atoms with Crippen LogP contribution in [0, 0.1) is 6.92 Å². The molecule has 3 rings (SSSR count). The first-order valence-corrected chi connectivity index (χ1v) is 8.80. The van der Waals surface area contributed by atoms with E-state index in [4.69, 9.17) is 11.6 Å². The first-order valence-electron chi connectivity index (χ1n) is 8.42. The predicted octanol–water partition coefficient (Wildman–Crippen LogP) is 5.53. The molecule has 3 aromatic carbocycles. The van der Waals surface area contributed by atoms with Gasteiger partial charge in [0.15, 0.2) is 0 Å². The Balaban J connectivity index is 1.71. The molecular formula is C21H17ClN4O2.